The number of rotatable bonds is 6. The average Bonchev–Trinajstić information content (AvgIpc) is 3.20. The predicted molar refractivity (Wildman–Crippen MR) is 91.2 cm³/mol. The molecule has 0 aliphatic heterocycles. The minimum Gasteiger partial charge on any atom is -0.301 e. The van der Waals surface area contributed by atoms with Gasteiger partial charge in [0.05, 0.1) is 0 Å². The molecule has 1 aromatic carbocycles. The van der Waals surface area contributed by atoms with Crippen LogP contribution in [0.5, 0.6) is 0 Å². The fourth-order valence-corrected chi connectivity index (χ4v) is 3.40. The number of anilines is 1. The van der Waals surface area contributed by atoms with Crippen molar-refractivity contribution in [3.05, 3.63) is 52.7 Å². The lowest BCUT2D eigenvalue weighted by atomic mass is 10.2. The van der Waals surface area contributed by atoms with Crippen molar-refractivity contribution in [3.8, 4) is 11.4 Å². The Morgan fingerprint density at radius 2 is 2.00 bits per heavy atom. The van der Waals surface area contributed by atoms with Gasteiger partial charge in [-0.2, -0.15) is 9.36 Å². The first-order chi connectivity index (χ1) is 10.8. The van der Waals surface area contributed by atoms with Crippen molar-refractivity contribution >= 4 is 33.9 Å². The third kappa shape index (κ3) is 3.99. The van der Waals surface area contributed by atoms with Gasteiger partial charge in [0.2, 0.25) is 11.0 Å². The van der Waals surface area contributed by atoms with E-state index in [1.54, 1.807) is 11.3 Å². The summed E-state index contributed by atoms with van der Waals surface area (Å²) >= 11 is 2.94. The van der Waals surface area contributed by atoms with Crippen LogP contribution in [-0.2, 0) is 11.2 Å². The summed E-state index contributed by atoms with van der Waals surface area (Å²) in [6.45, 7) is 0. The first kappa shape index (κ1) is 14.9. The van der Waals surface area contributed by atoms with Crippen molar-refractivity contribution in [1.82, 2.24) is 9.36 Å². The molecule has 0 fully saturated rings. The van der Waals surface area contributed by atoms with Gasteiger partial charge in [0.25, 0.3) is 0 Å². The highest BCUT2D eigenvalue weighted by atomic mass is 32.1. The summed E-state index contributed by atoms with van der Waals surface area (Å²) in [5.41, 5.74) is 0.956. The quantitative estimate of drug-likeness (QED) is 0.736. The Morgan fingerprint density at radius 3 is 2.77 bits per heavy atom. The van der Waals surface area contributed by atoms with E-state index < -0.39 is 0 Å². The van der Waals surface area contributed by atoms with Crippen LogP contribution in [0.25, 0.3) is 11.4 Å². The Balaban J connectivity index is 1.50. The van der Waals surface area contributed by atoms with Gasteiger partial charge in [-0.3, -0.25) is 4.79 Å². The van der Waals surface area contributed by atoms with Crippen LogP contribution in [0, 0.1) is 0 Å². The lowest BCUT2D eigenvalue weighted by Crippen LogP contribution is -2.11. The number of aryl methyl sites for hydroxylation is 1. The number of hydrogen-bond acceptors (Lipinski definition) is 5. The molecule has 0 aliphatic rings. The predicted octanol–water partition coefficient (Wildman–Crippen LogP) is 4.23. The largest absolute Gasteiger partial charge is 0.301 e. The molecule has 112 valence electrons. The van der Waals surface area contributed by atoms with Crippen LogP contribution in [0.2, 0.25) is 0 Å². The van der Waals surface area contributed by atoms with E-state index in [0.717, 1.165) is 18.4 Å². The molecule has 22 heavy (non-hydrogen) atoms. The van der Waals surface area contributed by atoms with Gasteiger partial charge in [-0.25, -0.2) is 0 Å². The second-order valence-corrected chi connectivity index (χ2v) is 6.55. The second-order valence-electron chi connectivity index (χ2n) is 4.77. The van der Waals surface area contributed by atoms with Crippen LogP contribution in [-0.4, -0.2) is 15.3 Å². The van der Waals surface area contributed by atoms with Gasteiger partial charge in [0, 0.05) is 28.4 Å². The molecule has 4 nitrogen and oxygen atoms in total. The van der Waals surface area contributed by atoms with E-state index >= 15 is 0 Å². The maximum absolute atomic E-state index is 11.9. The molecule has 6 heteroatoms. The first-order valence-electron chi connectivity index (χ1n) is 7.02. The number of carbonyl (C=O) groups is 1. The van der Waals surface area contributed by atoms with Crippen molar-refractivity contribution in [1.29, 1.82) is 0 Å². The van der Waals surface area contributed by atoms with Crippen LogP contribution in [0.4, 0.5) is 5.13 Å². The van der Waals surface area contributed by atoms with Crippen LogP contribution in [0.1, 0.15) is 17.7 Å². The summed E-state index contributed by atoms with van der Waals surface area (Å²) in [6.07, 6.45) is 2.28. The summed E-state index contributed by atoms with van der Waals surface area (Å²) in [5, 5.41) is 5.43. The third-order valence-corrected chi connectivity index (χ3v) is 4.68. The van der Waals surface area contributed by atoms with E-state index in [-0.39, 0.29) is 5.91 Å². The summed E-state index contributed by atoms with van der Waals surface area (Å²) in [7, 11) is 0. The normalized spacial score (nSPS) is 10.5. The number of benzene rings is 1. The van der Waals surface area contributed by atoms with Gasteiger partial charge in [0.15, 0.2) is 5.82 Å². The van der Waals surface area contributed by atoms with Gasteiger partial charge < -0.3 is 5.32 Å². The highest BCUT2D eigenvalue weighted by molar-refractivity contribution is 7.10. The summed E-state index contributed by atoms with van der Waals surface area (Å²) in [5.74, 6) is 0.645. The van der Waals surface area contributed by atoms with Gasteiger partial charge in [-0.15, -0.1) is 11.3 Å². The Morgan fingerprint density at radius 1 is 1.14 bits per heavy atom. The topological polar surface area (TPSA) is 54.9 Å². The third-order valence-electron chi connectivity index (χ3n) is 3.11. The molecular weight excluding hydrogens is 314 g/mol. The fraction of sp³-hybridized carbons (Fsp3) is 0.188. The van der Waals surface area contributed by atoms with Crippen LogP contribution >= 0.6 is 22.9 Å². The molecule has 1 N–H and O–H groups in total. The number of nitrogens with one attached hydrogen (secondary N) is 1. The molecule has 1 amide bonds. The summed E-state index contributed by atoms with van der Waals surface area (Å²) in [4.78, 5) is 17.6. The standard InChI is InChI=1S/C16H15N3OS2/c20-14(10-4-8-13-9-5-11-21-13)17-16-18-15(19-22-16)12-6-2-1-3-7-12/h1-3,5-7,9,11H,4,8,10H2,(H,17,18,19,20). The molecule has 0 saturated heterocycles. The highest BCUT2D eigenvalue weighted by Gasteiger charge is 2.09. The minimum atomic E-state index is -0.00711. The number of aromatic nitrogens is 2. The highest BCUT2D eigenvalue weighted by Crippen LogP contribution is 2.21. The molecule has 3 rings (SSSR count). The van der Waals surface area contributed by atoms with Gasteiger partial charge >= 0.3 is 0 Å². The summed E-state index contributed by atoms with van der Waals surface area (Å²) in [6, 6.07) is 13.9. The molecule has 0 radical (unpaired) electrons. The zero-order valence-corrected chi connectivity index (χ0v) is 13.5. The molecule has 2 aromatic heterocycles. The molecule has 0 bridgehead atoms. The van der Waals surface area contributed by atoms with E-state index in [1.165, 1.54) is 16.4 Å². The Bertz CT molecular complexity index is 723. The number of nitrogens with zero attached hydrogens (tertiary/aromatic N) is 2. The minimum absolute atomic E-state index is 0.00711. The maximum atomic E-state index is 11.9. The number of hydrogen-bond donors (Lipinski definition) is 1. The van der Waals surface area contributed by atoms with Crippen LogP contribution < -0.4 is 5.32 Å². The van der Waals surface area contributed by atoms with Gasteiger partial charge in [-0.1, -0.05) is 36.4 Å². The number of thiophene rings is 1. The number of amides is 1. The van der Waals surface area contributed by atoms with Crippen molar-refractivity contribution in [2.75, 3.05) is 5.32 Å². The van der Waals surface area contributed by atoms with Crippen LogP contribution in [0.3, 0.4) is 0 Å². The van der Waals surface area contributed by atoms with Crippen molar-refractivity contribution in [2.45, 2.75) is 19.3 Å². The average molecular weight is 329 g/mol. The molecule has 0 spiro atoms. The van der Waals surface area contributed by atoms with E-state index in [2.05, 4.69) is 26.1 Å². The Labute approximate surface area is 137 Å². The van der Waals surface area contributed by atoms with E-state index in [0.29, 0.717) is 17.4 Å². The Hall–Kier alpha value is -2.05. The van der Waals surface area contributed by atoms with E-state index in [9.17, 15) is 4.79 Å². The van der Waals surface area contributed by atoms with Gasteiger partial charge in [-0.05, 0) is 24.3 Å². The van der Waals surface area contributed by atoms with Crippen molar-refractivity contribution in [2.24, 2.45) is 0 Å². The zero-order chi connectivity index (χ0) is 15.2. The van der Waals surface area contributed by atoms with Crippen LogP contribution in [0.15, 0.2) is 47.8 Å². The summed E-state index contributed by atoms with van der Waals surface area (Å²) < 4.78 is 4.28. The second kappa shape index (κ2) is 7.29. The van der Waals surface area contributed by atoms with E-state index in [4.69, 9.17) is 0 Å². The maximum Gasteiger partial charge on any atom is 0.226 e. The first-order valence-corrected chi connectivity index (χ1v) is 8.68. The SMILES string of the molecule is O=C(CCCc1cccs1)Nc1nc(-c2ccccc2)ns1. The monoisotopic (exact) mass is 329 g/mol. The lowest BCUT2D eigenvalue weighted by Gasteiger charge is -2.00. The zero-order valence-electron chi connectivity index (χ0n) is 11.9. The van der Waals surface area contributed by atoms with Crippen molar-refractivity contribution in [3.63, 3.8) is 0 Å². The Kier molecular flexibility index (Phi) is 4.92. The van der Waals surface area contributed by atoms with E-state index in [1.807, 2.05) is 36.4 Å². The smallest absolute Gasteiger partial charge is 0.226 e. The molecular formula is C16H15N3OS2. The number of carbonyl (C=O) groups excluding carboxylic acids is 1. The molecule has 0 unspecified atom stereocenters. The molecule has 0 atom stereocenters. The molecule has 0 saturated carbocycles. The van der Waals surface area contributed by atoms with Crippen molar-refractivity contribution < 1.29 is 4.79 Å². The lowest BCUT2D eigenvalue weighted by molar-refractivity contribution is -0.116. The molecule has 3 aromatic rings. The van der Waals surface area contributed by atoms with Gasteiger partial charge in [0.1, 0.15) is 0 Å². The fourth-order valence-electron chi connectivity index (χ4n) is 2.04. The molecule has 0 aliphatic carbocycles. The molecule has 2 heterocycles.